The fourth-order valence-electron chi connectivity index (χ4n) is 3.94. The highest BCUT2D eigenvalue weighted by Gasteiger charge is 2.33. The summed E-state index contributed by atoms with van der Waals surface area (Å²) in [5.74, 6) is 0.231. The summed E-state index contributed by atoms with van der Waals surface area (Å²) in [6.45, 7) is 3.62. The number of nitrogens with zero attached hydrogens (tertiary/aromatic N) is 3. The molecule has 1 aliphatic heterocycles. The summed E-state index contributed by atoms with van der Waals surface area (Å²) in [5, 5.41) is 6.52. The predicted molar refractivity (Wildman–Crippen MR) is 116 cm³/mol. The highest BCUT2D eigenvalue weighted by Crippen LogP contribution is 2.27. The number of carbonyl (C=O) groups excluding carboxylic acids is 1. The van der Waals surface area contributed by atoms with Gasteiger partial charge in [-0.15, -0.1) is 0 Å². The highest BCUT2D eigenvalue weighted by atomic mass is 19.4. The van der Waals surface area contributed by atoms with Crippen LogP contribution in [0.1, 0.15) is 28.0 Å². The molecule has 1 unspecified atom stereocenters. The Balaban J connectivity index is 1.24. The smallest absolute Gasteiger partial charge is 0.352 e. The van der Waals surface area contributed by atoms with Crippen LogP contribution in [0, 0.1) is 5.92 Å². The van der Waals surface area contributed by atoms with Crippen molar-refractivity contribution >= 4 is 5.91 Å². The van der Waals surface area contributed by atoms with E-state index < -0.39 is 11.9 Å². The number of nitrogens with one attached hydrogen (secondary N) is 1. The van der Waals surface area contributed by atoms with Crippen LogP contribution in [0.3, 0.4) is 0 Å². The van der Waals surface area contributed by atoms with Crippen molar-refractivity contribution in [1.82, 2.24) is 20.0 Å². The van der Waals surface area contributed by atoms with E-state index >= 15 is 0 Å². The Labute approximate surface area is 184 Å². The normalized spacial score (nSPS) is 16.9. The monoisotopic (exact) mass is 442 g/mol. The maximum Gasteiger partial charge on any atom is 0.435 e. The van der Waals surface area contributed by atoms with E-state index in [1.807, 2.05) is 6.07 Å². The molecule has 1 aromatic heterocycles. The lowest BCUT2D eigenvalue weighted by atomic mass is 10.1. The Morgan fingerprint density at radius 1 is 1.06 bits per heavy atom. The van der Waals surface area contributed by atoms with Gasteiger partial charge in [0.1, 0.15) is 0 Å². The number of amides is 1. The summed E-state index contributed by atoms with van der Waals surface area (Å²) < 4.78 is 39.3. The van der Waals surface area contributed by atoms with Gasteiger partial charge in [0.25, 0.3) is 5.91 Å². The molecule has 1 saturated heterocycles. The van der Waals surface area contributed by atoms with Gasteiger partial charge in [0.15, 0.2) is 5.69 Å². The molecule has 1 N–H and O–H groups in total. The van der Waals surface area contributed by atoms with Crippen molar-refractivity contribution in [2.75, 3.05) is 26.2 Å². The van der Waals surface area contributed by atoms with Crippen LogP contribution >= 0.6 is 0 Å². The van der Waals surface area contributed by atoms with E-state index in [0.717, 1.165) is 43.2 Å². The largest absolute Gasteiger partial charge is 0.435 e. The Hall–Kier alpha value is -3.13. The minimum absolute atomic E-state index is 0.185. The predicted octanol–water partition coefficient (Wildman–Crippen LogP) is 4.19. The number of likely N-dealkylation sites (tertiary alicyclic amines) is 1. The van der Waals surface area contributed by atoms with Crippen LogP contribution in [0.2, 0.25) is 0 Å². The van der Waals surface area contributed by atoms with E-state index in [0.29, 0.717) is 23.7 Å². The summed E-state index contributed by atoms with van der Waals surface area (Å²) in [6.07, 6.45) is -1.16. The minimum atomic E-state index is -4.48. The van der Waals surface area contributed by atoms with Crippen molar-refractivity contribution in [1.29, 1.82) is 0 Å². The number of aromatic nitrogens is 2. The third-order valence-electron chi connectivity index (χ3n) is 5.75. The maximum atomic E-state index is 12.7. The lowest BCUT2D eigenvalue weighted by Gasteiger charge is -2.16. The summed E-state index contributed by atoms with van der Waals surface area (Å²) >= 11 is 0. The lowest BCUT2D eigenvalue weighted by molar-refractivity contribution is -0.141. The number of rotatable bonds is 7. The number of halogens is 3. The second-order valence-electron chi connectivity index (χ2n) is 8.09. The van der Waals surface area contributed by atoms with Crippen molar-refractivity contribution in [2.45, 2.75) is 19.0 Å². The zero-order valence-corrected chi connectivity index (χ0v) is 17.6. The number of hydrogen-bond donors (Lipinski definition) is 1. The second kappa shape index (κ2) is 9.56. The molecule has 4 rings (SSSR count). The van der Waals surface area contributed by atoms with Crippen LogP contribution in [0.5, 0.6) is 0 Å². The summed E-state index contributed by atoms with van der Waals surface area (Å²) in [7, 11) is 0. The zero-order chi connectivity index (χ0) is 22.6. The molecule has 1 aliphatic rings. The average Bonchev–Trinajstić information content (AvgIpc) is 3.47. The fourth-order valence-corrected chi connectivity index (χ4v) is 3.94. The minimum Gasteiger partial charge on any atom is -0.352 e. The van der Waals surface area contributed by atoms with Gasteiger partial charge in [0.05, 0.1) is 5.69 Å². The van der Waals surface area contributed by atoms with Gasteiger partial charge in [-0.2, -0.15) is 18.3 Å². The van der Waals surface area contributed by atoms with Crippen molar-refractivity contribution in [3.63, 3.8) is 0 Å². The van der Waals surface area contributed by atoms with Gasteiger partial charge in [-0.1, -0.05) is 30.3 Å². The molecule has 1 amide bonds. The molecule has 32 heavy (non-hydrogen) atoms. The molecule has 0 radical (unpaired) electrons. The molecule has 1 atom stereocenters. The zero-order valence-electron chi connectivity index (χ0n) is 17.6. The van der Waals surface area contributed by atoms with Gasteiger partial charge in [-0.25, -0.2) is 4.68 Å². The number of carbonyl (C=O) groups is 1. The van der Waals surface area contributed by atoms with E-state index in [9.17, 15) is 18.0 Å². The molecular formula is C24H25F3N4O. The van der Waals surface area contributed by atoms with E-state index in [1.165, 1.54) is 11.8 Å². The van der Waals surface area contributed by atoms with Crippen LogP contribution in [0.15, 0.2) is 66.9 Å². The van der Waals surface area contributed by atoms with Crippen molar-refractivity contribution < 1.29 is 18.0 Å². The summed E-state index contributed by atoms with van der Waals surface area (Å²) in [5.41, 5.74) is 1.31. The SMILES string of the molecule is O=C(NCC1CCN(CCc2ccccc2)C1)c1ccc(-n2ccc(C(F)(F)F)n2)cc1. The Kier molecular flexibility index (Phi) is 6.60. The molecule has 3 aromatic rings. The van der Waals surface area contributed by atoms with Gasteiger partial charge in [0, 0.05) is 31.4 Å². The molecule has 8 heteroatoms. The Morgan fingerprint density at radius 2 is 1.81 bits per heavy atom. The first-order valence-corrected chi connectivity index (χ1v) is 10.7. The topological polar surface area (TPSA) is 50.2 Å². The standard InChI is InChI=1S/C24H25F3N4O/c25-24(26,27)22-12-15-31(29-22)21-8-6-20(7-9-21)23(32)28-16-19-11-14-30(17-19)13-10-18-4-2-1-3-5-18/h1-9,12,15,19H,10-11,13-14,16-17H2,(H,28,32). The van der Waals surface area contributed by atoms with Gasteiger partial charge in [-0.3, -0.25) is 4.79 Å². The maximum absolute atomic E-state index is 12.7. The van der Waals surface area contributed by atoms with E-state index in [1.54, 1.807) is 24.3 Å². The highest BCUT2D eigenvalue weighted by molar-refractivity contribution is 5.94. The fraction of sp³-hybridized carbons (Fsp3) is 0.333. The first-order chi connectivity index (χ1) is 15.4. The van der Waals surface area contributed by atoms with Crippen LogP contribution in [-0.2, 0) is 12.6 Å². The third-order valence-corrected chi connectivity index (χ3v) is 5.75. The number of benzene rings is 2. The molecule has 168 valence electrons. The van der Waals surface area contributed by atoms with Gasteiger partial charge >= 0.3 is 6.18 Å². The molecule has 0 spiro atoms. The summed E-state index contributed by atoms with van der Waals surface area (Å²) in [6, 6.07) is 17.7. The molecule has 0 bridgehead atoms. The average molecular weight is 442 g/mol. The van der Waals surface area contributed by atoms with Crippen LogP contribution in [-0.4, -0.2) is 46.8 Å². The van der Waals surface area contributed by atoms with Crippen molar-refractivity contribution in [3.8, 4) is 5.69 Å². The molecule has 0 aliphatic carbocycles. The molecular weight excluding hydrogens is 417 g/mol. The molecule has 5 nitrogen and oxygen atoms in total. The Morgan fingerprint density at radius 3 is 2.50 bits per heavy atom. The quantitative estimate of drug-likeness (QED) is 0.597. The van der Waals surface area contributed by atoms with Gasteiger partial charge in [-0.05, 0) is 61.2 Å². The van der Waals surface area contributed by atoms with Crippen molar-refractivity contribution in [2.24, 2.45) is 5.92 Å². The lowest BCUT2D eigenvalue weighted by Crippen LogP contribution is -2.31. The molecule has 2 heterocycles. The first kappa shape index (κ1) is 22.1. The molecule has 0 saturated carbocycles. The van der Waals surface area contributed by atoms with Crippen LogP contribution in [0.25, 0.3) is 5.69 Å². The van der Waals surface area contributed by atoms with E-state index in [4.69, 9.17) is 0 Å². The van der Waals surface area contributed by atoms with Gasteiger partial charge < -0.3 is 10.2 Å². The summed E-state index contributed by atoms with van der Waals surface area (Å²) in [4.78, 5) is 14.9. The first-order valence-electron chi connectivity index (χ1n) is 10.7. The third kappa shape index (κ3) is 5.56. The molecule has 1 fully saturated rings. The van der Waals surface area contributed by atoms with E-state index in [-0.39, 0.29) is 5.91 Å². The second-order valence-corrected chi connectivity index (χ2v) is 8.09. The van der Waals surface area contributed by atoms with Crippen LogP contribution in [0.4, 0.5) is 13.2 Å². The van der Waals surface area contributed by atoms with Crippen LogP contribution < -0.4 is 5.32 Å². The molecule has 2 aromatic carbocycles. The van der Waals surface area contributed by atoms with E-state index in [2.05, 4.69) is 39.6 Å². The van der Waals surface area contributed by atoms with Crippen molar-refractivity contribution in [3.05, 3.63) is 83.7 Å². The number of hydrogen-bond acceptors (Lipinski definition) is 3. The Bertz CT molecular complexity index is 1030. The van der Waals surface area contributed by atoms with Gasteiger partial charge in [0.2, 0.25) is 0 Å². The number of alkyl halides is 3.